The second-order valence-electron chi connectivity index (χ2n) is 5.98. The van der Waals surface area contributed by atoms with Crippen LogP contribution in [0.25, 0.3) is 0 Å². The van der Waals surface area contributed by atoms with Crippen molar-refractivity contribution in [3.63, 3.8) is 0 Å². The monoisotopic (exact) mass is 262 g/mol. The Morgan fingerprint density at radius 2 is 2.06 bits per heavy atom. The van der Waals surface area contributed by atoms with Gasteiger partial charge in [-0.1, -0.05) is 56.4 Å². The summed E-state index contributed by atoms with van der Waals surface area (Å²) in [6.45, 7) is 6.91. The lowest BCUT2D eigenvalue weighted by atomic mass is 9.93. The van der Waals surface area contributed by atoms with Gasteiger partial charge in [-0.25, -0.2) is 0 Å². The number of rotatable bonds is 4. The molecule has 18 heavy (non-hydrogen) atoms. The minimum Gasteiger partial charge on any atom is -0.393 e. The first-order chi connectivity index (χ1) is 8.48. The van der Waals surface area contributed by atoms with Crippen molar-refractivity contribution in [2.24, 2.45) is 11.1 Å². The summed E-state index contributed by atoms with van der Waals surface area (Å²) >= 11 is 5.12. The van der Waals surface area contributed by atoms with E-state index < -0.39 is 0 Å². The Labute approximate surface area is 115 Å². The van der Waals surface area contributed by atoms with Gasteiger partial charge in [0.15, 0.2) is 0 Å². The maximum Gasteiger partial charge on any atom is 0.0746 e. The highest BCUT2D eigenvalue weighted by Gasteiger charge is 2.33. The maximum atomic E-state index is 5.77. The number of hydrogen-bond donors (Lipinski definition) is 1. The molecule has 0 spiro atoms. The first-order valence-electron chi connectivity index (χ1n) is 6.55. The number of nitrogens with zero attached hydrogens (tertiary/aromatic N) is 1. The van der Waals surface area contributed by atoms with Crippen molar-refractivity contribution >= 4 is 17.2 Å². The van der Waals surface area contributed by atoms with Gasteiger partial charge >= 0.3 is 0 Å². The minimum absolute atomic E-state index is 0.338. The Morgan fingerprint density at radius 3 is 2.56 bits per heavy atom. The van der Waals surface area contributed by atoms with Crippen LogP contribution in [0.2, 0.25) is 0 Å². The van der Waals surface area contributed by atoms with Crippen LogP contribution in [0.5, 0.6) is 0 Å². The van der Waals surface area contributed by atoms with E-state index in [2.05, 4.69) is 49.1 Å². The van der Waals surface area contributed by atoms with Gasteiger partial charge < -0.3 is 5.73 Å². The highest BCUT2D eigenvalue weighted by atomic mass is 32.1. The highest BCUT2D eigenvalue weighted by Crippen LogP contribution is 2.36. The molecule has 1 fully saturated rings. The second-order valence-corrected chi connectivity index (χ2v) is 6.51. The van der Waals surface area contributed by atoms with Crippen LogP contribution in [-0.4, -0.2) is 23.0 Å². The molecule has 1 unspecified atom stereocenters. The molecule has 3 heteroatoms. The van der Waals surface area contributed by atoms with Crippen LogP contribution >= 0.6 is 12.2 Å². The van der Waals surface area contributed by atoms with Crippen LogP contribution in [0.15, 0.2) is 30.3 Å². The van der Waals surface area contributed by atoms with Gasteiger partial charge in [0.25, 0.3) is 0 Å². The van der Waals surface area contributed by atoms with Gasteiger partial charge in [0.2, 0.25) is 0 Å². The van der Waals surface area contributed by atoms with E-state index in [9.17, 15) is 0 Å². The van der Waals surface area contributed by atoms with Crippen LogP contribution in [0, 0.1) is 5.41 Å². The molecule has 98 valence electrons. The number of hydrogen-bond acceptors (Lipinski definition) is 2. The fourth-order valence-electron chi connectivity index (χ4n) is 2.74. The third-order valence-electron chi connectivity index (χ3n) is 3.73. The second kappa shape index (κ2) is 5.37. The molecule has 1 heterocycles. The van der Waals surface area contributed by atoms with Crippen molar-refractivity contribution < 1.29 is 0 Å². The summed E-state index contributed by atoms with van der Waals surface area (Å²) in [5, 5.41) is 0. The standard InChI is InChI=1S/C15H22N2S/c1-15(2)8-9-17(11-15)13(10-14(16)18)12-6-4-3-5-7-12/h3-7,13H,8-11H2,1-2H3,(H2,16,18). The molecule has 0 amide bonds. The minimum atomic E-state index is 0.338. The van der Waals surface area contributed by atoms with E-state index in [1.165, 1.54) is 12.0 Å². The molecular weight excluding hydrogens is 240 g/mol. The van der Waals surface area contributed by atoms with E-state index >= 15 is 0 Å². The summed E-state index contributed by atoms with van der Waals surface area (Å²) in [6.07, 6.45) is 2.02. The zero-order valence-electron chi connectivity index (χ0n) is 11.2. The zero-order chi connectivity index (χ0) is 13.2. The van der Waals surface area contributed by atoms with Gasteiger partial charge in [-0.3, -0.25) is 4.90 Å². The molecule has 0 saturated carbocycles. The highest BCUT2D eigenvalue weighted by molar-refractivity contribution is 7.80. The Morgan fingerprint density at radius 1 is 1.39 bits per heavy atom. The van der Waals surface area contributed by atoms with E-state index in [0.717, 1.165) is 19.5 Å². The van der Waals surface area contributed by atoms with Gasteiger partial charge in [-0.2, -0.15) is 0 Å². The molecular formula is C15H22N2S. The van der Waals surface area contributed by atoms with Crippen molar-refractivity contribution in [2.45, 2.75) is 32.7 Å². The topological polar surface area (TPSA) is 29.3 Å². The SMILES string of the molecule is CC1(C)CCN(C(CC(N)=S)c2ccccc2)C1. The van der Waals surface area contributed by atoms with Crippen molar-refractivity contribution in [1.29, 1.82) is 0 Å². The fourth-order valence-corrected chi connectivity index (χ4v) is 2.90. The first-order valence-corrected chi connectivity index (χ1v) is 6.96. The lowest BCUT2D eigenvalue weighted by molar-refractivity contribution is 0.223. The molecule has 2 N–H and O–H groups in total. The van der Waals surface area contributed by atoms with Crippen LogP contribution in [-0.2, 0) is 0 Å². The van der Waals surface area contributed by atoms with E-state index in [4.69, 9.17) is 18.0 Å². The van der Waals surface area contributed by atoms with Crippen molar-refractivity contribution in [1.82, 2.24) is 4.90 Å². The Hall–Kier alpha value is -0.930. The number of nitrogens with two attached hydrogens (primary N) is 1. The van der Waals surface area contributed by atoms with Gasteiger partial charge in [0.1, 0.15) is 0 Å². The maximum absolute atomic E-state index is 5.77. The van der Waals surface area contributed by atoms with Gasteiger partial charge in [-0.05, 0) is 23.9 Å². The summed E-state index contributed by atoms with van der Waals surface area (Å²) in [5.41, 5.74) is 7.50. The van der Waals surface area contributed by atoms with E-state index in [0.29, 0.717) is 16.4 Å². The van der Waals surface area contributed by atoms with Gasteiger partial charge in [0.05, 0.1) is 4.99 Å². The summed E-state index contributed by atoms with van der Waals surface area (Å²) < 4.78 is 0. The van der Waals surface area contributed by atoms with E-state index in [-0.39, 0.29) is 0 Å². The number of likely N-dealkylation sites (tertiary alicyclic amines) is 1. The largest absolute Gasteiger partial charge is 0.393 e. The van der Waals surface area contributed by atoms with Crippen molar-refractivity contribution in [2.75, 3.05) is 13.1 Å². The predicted octanol–water partition coefficient (Wildman–Crippen LogP) is 3.14. The molecule has 1 aliphatic rings. The zero-order valence-corrected chi connectivity index (χ0v) is 12.0. The molecule has 1 aromatic carbocycles. The third kappa shape index (κ3) is 3.30. The van der Waals surface area contributed by atoms with Crippen LogP contribution < -0.4 is 5.73 Å². The Bertz CT molecular complexity index is 414. The quantitative estimate of drug-likeness (QED) is 0.845. The van der Waals surface area contributed by atoms with E-state index in [1.807, 2.05) is 0 Å². The van der Waals surface area contributed by atoms with Gasteiger partial charge in [-0.15, -0.1) is 0 Å². The molecule has 2 nitrogen and oxygen atoms in total. The normalized spacial score (nSPS) is 20.8. The smallest absolute Gasteiger partial charge is 0.0746 e. The summed E-state index contributed by atoms with van der Waals surface area (Å²) in [4.78, 5) is 3.13. The number of thiocarbonyl (C=S) groups is 1. The summed E-state index contributed by atoms with van der Waals surface area (Å²) in [5.74, 6) is 0. The lowest BCUT2D eigenvalue weighted by Gasteiger charge is -2.29. The number of benzene rings is 1. The average molecular weight is 262 g/mol. The Balaban J connectivity index is 2.19. The van der Waals surface area contributed by atoms with Gasteiger partial charge in [0, 0.05) is 19.0 Å². The summed E-state index contributed by atoms with van der Waals surface area (Å²) in [7, 11) is 0. The van der Waals surface area contributed by atoms with E-state index in [1.54, 1.807) is 0 Å². The molecule has 0 aliphatic carbocycles. The van der Waals surface area contributed by atoms with Crippen LogP contribution in [0.1, 0.15) is 38.3 Å². The van der Waals surface area contributed by atoms with Crippen LogP contribution in [0.4, 0.5) is 0 Å². The van der Waals surface area contributed by atoms with Crippen molar-refractivity contribution in [3.05, 3.63) is 35.9 Å². The first kappa shape index (κ1) is 13.5. The predicted molar refractivity (Wildman–Crippen MR) is 80.6 cm³/mol. The Kier molecular flexibility index (Phi) is 4.03. The molecule has 0 aromatic heterocycles. The molecule has 1 aliphatic heterocycles. The average Bonchev–Trinajstić information content (AvgIpc) is 2.67. The van der Waals surface area contributed by atoms with Crippen molar-refractivity contribution in [3.8, 4) is 0 Å². The summed E-state index contributed by atoms with van der Waals surface area (Å²) in [6, 6.07) is 10.9. The third-order valence-corrected chi connectivity index (χ3v) is 3.89. The molecule has 0 radical (unpaired) electrons. The molecule has 0 bridgehead atoms. The fraction of sp³-hybridized carbons (Fsp3) is 0.533. The molecule has 2 rings (SSSR count). The molecule has 1 saturated heterocycles. The van der Waals surface area contributed by atoms with Crippen LogP contribution in [0.3, 0.4) is 0 Å². The molecule has 1 aromatic rings. The molecule has 1 atom stereocenters. The lowest BCUT2D eigenvalue weighted by Crippen LogP contribution is -2.31.